The fourth-order valence-electron chi connectivity index (χ4n) is 3.95. The second kappa shape index (κ2) is 11.0. The SMILES string of the molecule is CC=CC(=O)N(O)CC(=O)NC[C@H]1[C@@H](C/C=C\CCCC(=O)O)[C@H]2CC[C@@H]1O2. The van der Waals surface area contributed by atoms with E-state index in [9.17, 15) is 19.6 Å². The minimum Gasteiger partial charge on any atom is -0.481 e. The molecule has 2 aliphatic heterocycles. The Morgan fingerprint density at radius 3 is 2.57 bits per heavy atom. The maximum Gasteiger partial charge on any atom is 0.303 e. The summed E-state index contributed by atoms with van der Waals surface area (Å²) in [5.74, 6) is -1.31. The van der Waals surface area contributed by atoms with Gasteiger partial charge in [-0.1, -0.05) is 18.2 Å². The molecular weight excluding hydrogens is 364 g/mol. The molecule has 8 heteroatoms. The molecule has 0 aromatic carbocycles. The Bertz CT molecular complexity index is 618. The number of carboxylic acids is 1. The lowest BCUT2D eigenvalue weighted by atomic mass is 9.77. The maximum atomic E-state index is 12.0. The Hall–Kier alpha value is -2.19. The largest absolute Gasteiger partial charge is 0.481 e. The van der Waals surface area contributed by atoms with E-state index in [2.05, 4.69) is 11.4 Å². The normalized spacial score (nSPS) is 26.2. The lowest BCUT2D eigenvalue weighted by Crippen LogP contribution is -2.42. The number of nitrogens with zero attached hydrogens (tertiary/aromatic N) is 1. The quantitative estimate of drug-likeness (QED) is 0.162. The number of ether oxygens (including phenoxy) is 1. The highest BCUT2D eigenvalue weighted by Crippen LogP contribution is 2.44. The summed E-state index contributed by atoms with van der Waals surface area (Å²) in [6.07, 6.45) is 11.5. The lowest BCUT2D eigenvalue weighted by Gasteiger charge is -2.27. The summed E-state index contributed by atoms with van der Waals surface area (Å²) >= 11 is 0. The van der Waals surface area contributed by atoms with Gasteiger partial charge in [0.2, 0.25) is 5.91 Å². The molecule has 0 saturated carbocycles. The van der Waals surface area contributed by atoms with Crippen molar-refractivity contribution in [3.8, 4) is 0 Å². The van der Waals surface area contributed by atoms with Crippen LogP contribution >= 0.6 is 0 Å². The number of allylic oxidation sites excluding steroid dienone is 3. The maximum absolute atomic E-state index is 12.0. The van der Waals surface area contributed by atoms with Crippen molar-refractivity contribution >= 4 is 17.8 Å². The molecule has 2 saturated heterocycles. The highest BCUT2D eigenvalue weighted by atomic mass is 16.5. The molecule has 0 spiro atoms. The van der Waals surface area contributed by atoms with E-state index in [1.165, 1.54) is 12.2 Å². The van der Waals surface area contributed by atoms with Gasteiger partial charge < -0.3 is 15.2 Å². The van der Waals surface area contributed by atoms with Gasteiger partial charge in [-0.3, -0.25) is 19.6 Å². The van der Waals surface area contributed by atoms with Gasteiger partial charge in [-0.25, -0.2) is 5.06 Å². The van der Waals surface area contributed by atoms with Gasteiger partial charge in [-0.05, 0) is 44.9 Å². The number of unbranched alkanes of at least 4 members (excludes halogenated alkanes) is 1. The van der Waals surface area contributed by atoms with Crippen molar-refractivity contribution in [2.45, 2.75) is 57.7 Å². The number of amides is 2. The number of carbonyl (C=O) groups excluding carboxylic acids is 2. The smallest absolute Gasteiger partial charge is 0.303 e. The first-order chi connectivity index (χ1) is 13.4. The highest BCUT2D eigenvalue weighted by molar-refractivity contribution is 5.90. The van der Waals surface area contributed by atoms with Crippen molar-refractivity contribution in [1.82, 2.24) is 10.4 Å². The first kappa shape index (κ1) is 22.1. The number of hydrogen-bond donors (Lipinski definition) is 3. The zero-order chi connectivity index (χ0) is 20.5. The Kier molecular flexibility index (Phi) is 8.66. The third-order valence-electron chi connectivity index (χ3n) is 5.32. The number of hydrogen-bond acceptors (Lipinski definition) is 5. The molecule has 28 heavy (non-hydrogen) atoms. The van der Waals surface area contributed by atoms with Crippen molar-refractivity contribution in [2.24, 2.45) is 11.8 Å². The molecule has 156 valence electrons. The second-order valence-corrected chi connectivity index (χ2v) is 7.31. The van der Waals surface area contributed by atoms with Crippen molar-refractivity contribution in [2.75, 3.05) is 13.1 Å². The summed E-state index contributed by atoms with van der Waals surface area (Å²) in [6, 6.07) is 0. The number of fused-ring (bicyclic) bond motifs is 2. The van der Waals surface area contributed by atoms with Crippen molar-refractivity contribution in [1.29, 1.82) is 0 Å². The Labute approximate surface area is 165 Å². The van der Waals surface area contributed by atoms with Crippen molar-refractivity contribution in [3.05, 3.63) is 24.3 Å². The molecule has 0 aliphatic carbocycles. The minimum atomic E-state index is -0.778. The summed E-state index contributed by atoms with van der Waals surface area (Å²) in [7, 11) is 0. The van der Waals surface area contributed by atoms with Crippen molar-refractivity contribution < 1.29 is 29.4 Å². The van der Waals surface area contributed by atoms with Crippen LogP contribution in [0.25, 0.3) is 0 Å². The van der Waals surface area contributed by atoms with E-state index < -0.39 is 24.3 Å². The van der Waals surface area contributed by atoms with Gasteiger partial charge in [0.1, 0.15) is 6.54 Å². The zero-order valence-electron chi connectivity index (χ0n) is 16.3. The van der Waals surface area contributed by atoms with Crippen LogP contribution in [0.15, 0.2) is 24.3 Å². The zero-order valence-corrected chi connectivity index (χ0v) is 16.3. The molecule has 3 N–H and O–H groups in total. The van der Waals surface area contributed by atoms with Crippen LogP contribution in [0.2, 0.25) is 0 Å². The number of carboxylic acid groups (broad SMARTS) is 1. The van der Waals surface area contributed by atoms with Crippen LogP contribution in [-0.2, 0) is 19.1 Å². The van der Waals surface area contributed by atoms with Crippen LogP contribution in [0.1, 0.15) is 45.4 Å². The van der Waals surface area contributed by atoms with Gasteiger partial charge in [0, 0.05) is 25.0 Å². The third-order valence-corrected chi connectivity index (χ3v) is 5.32. The van der Waals surface area contributed by atoms with Crippen molar-refractivity contribution in [3.63, 3.8) is 0 Å². The monoisotopic (exact) mass is 394 g/mol. The number of carbonyl (C=O) groups is 3. The van der Waals surface area contributed by atoms with Crippen LogP contribution in [0.5, 0.6) is 0 Å². The highest BCUT2D eigenvalue weighted by Gasteiger charge is 2.47. The Balaban J connectivity index is 1.77. The van der Waals surface area contributed by atoms with Crippen LogP contribution in [-0.4, -0.2) is 58.5 Å². The number of nitrogens with one attached hydrogen (secondary N) is 1. The van der Waals surface area contributed by atoms with E-state index in [4.69, 9.17) is 9.84 Å². The molecule has 8 nitrogen and oxygen atoms in total. The predicted octanol–water partition coefficient (Wildman–Crippen LogP) is 1.89. The van der Waals surface area contributed by atoms with Crippen LogP contribution in [0.3, 0.4) is 0 Å². The van der Waals surface area contributed by atoms with Gasteiger partial charge in [-0.2, -0.15) is 0 Å². The van der Waals surface area contributed by atoms with Gasteiger partial charge in [0.25, 0.3) is 5.91 Å². The molecule has 2 amide bonds. The van der Waals surface area contributed by atoms with Gasteiger partial charge in [0.15, 0.2) is 0 Å². The van der Waals surface area contributed by atoms with E-state index in [0.717, 1.165) is 25.7 Å². The average Bonchev–Trinajstić information content (AvgIpc) is 3.24. The van der Waals surface area contributed by atoms with E-state index in [-0.39, 0.29) is 24.5 Å². The molecule has 4 atom stereocenters. The Morgan fingerprint density at radius 2 is 1.89 bits per heavy atom. The molecule has 2 aliphatic rings. The Morgan fingerprint density at radius 1 is 1.18 bits per heavy atom. The standard InChI is InChI=1S/C20H30N2O6/c1-2-7-19(24)22(27)13-18(23)21-12-15-14(16-10-11-17(15)28-16)8-5-3-4-6-9-20(25)26/h2-3,5,7,14-17,27H,4,6,8-13H2,1H3,(H,21,23)(H,25,26)/b5-3-,7-2?/t14-,15+,16-,17+/m1/s1. The number of aliphatic carboxylic acids is 1. The van der Waals surface area contributed by atoms with Gasteiger partial charge in [0.05, 0.1) is 12.2 Å². The van der Waals surface area contributed by atoms with E-state index in [0.29, 0.717) is 23.9 Å². The van der Waals surface area contributed by atoms with Gasteiger partial charge >= 0.3 is 5.97 Å². The summed E-state index contributed by atoms with van der Waals surface area (Å²) in [5, 5.41) is 21.4. The first-order valence-corrected chi connectivity index (χ1v) is 9.84. The molecule has 0 aromatic rings. The molecule has 2 fully saturated rings. The van der Waals surface area contributed by atoms with Crippen LogP contribution in [0.4, 0.5) is 0 Å². The molecule has 0 aromatic heterocycles. The lowest BCUT2D eigenvalue weighted by molar-refractivity contribution is -0.163. The van der Waals surface area contributed by atoms with Crippen LogP contribution < -0.4 is 5.32 Å². The molecule has 2 bridgehead atoms. The fourth-order valence-corrected chi connectivity index (χ4v) is 3.95. The predicted molar refractivity (Wildman–Crippen MR) is 101 cm³/mol. The van der Waals surface area contributed by atoms with E-state index in [1.54, 1.807) is 6.92 Å². The molecule has 0 radical (unpaired) electrons. The molecule has 2 rings (SSSR count). The van der Waals surface area contributed by atoms with E-state index >= 15 is 0 Å². The third kappa shape index (κ3) is 6.45. The molecule has 2 heterocycles. The molecular formula is C20H30N2O6. The summed E-state index contributed by atoms with van der Waals surface area (Å²) in [6.45, 7) is 1.70. The topological polar surface area (TPSA) is 116 Å². The summed E-state index contributed by atoms with van der Waals surface area (Å²) in [5.41, 5.74) is 0. The number of rotatable bonds is 11. The van der Waals surface area contributed by atoms with Gasteiger partial charge in [-0.15, -0.1) is 0 Å². The summed E-state index contributed by atoms with van der Waals surface area (Å²) in [4.78, 5) is 34.0. The fraction of sp³-hybridized carbons (Fsp3) is 0.650. The molecule has 0 unspecified atom stereocenters. The second-order valence-electron chi connectivity index (χ2n) is 7.31. The van der Waals surface area contributed by atoms with E-state index in [1.807, 2.05) is 6.08 Å². The minimum absolute atomic E-state index is 0.130. The number of hydroxylamine groups is 2. The summed E-state index contributed by atoms with van der Waals surface area (Å²) < 4.78 is 6.00. The average molecular weight is 394 g/mol. The first-order valence-electron chi connectivity index (χ1n) is 9.84. The van der Waals surface area contributed by atoms with Crippen LogP contribution in [0, 0.1) is 11.8 Å².